The number of rotatable bonds is 7. The number of benzene rings is 2. The molecule has 0 atom stereocenters. The Kier molecular flexibility index (Phi) is 6.69. The lowest BCUT2D eigenvalue weighted by Gasteiger charge is -2.23. The van der Waals surface area contributed by atoms with E-state index in [-0.39, 0.29) is 24.8 Å². The average molecular weight is 459 g/mol. The summed E-state index contributed by atoms with van der Waals surface area (Å²) in [4.78, 5) is 42.2. The van der Waals surface area contributed by atoms with E-state index in [2.05, 4.69) is 10.3 Å². The molecule has 2 aromatic carbocycles. The third-order valence-corrected chi connectivity index (χ3v) is 5.07. The SMILES string of the molecule is COC(=O)C(C)(C)Cn1c(=O)nc(Nc2ccc(O)cc2)n(Cc2ccc(Cl)cc2)c1=O. The first-order valence-electron chi connectivity index (χ1n) is 9.71. The van der Waals surface area contributed by atoms with Gasteiger partial charge in [-0.3, -0.25) is 9.36 Å². The normalized spacial score (nSPS) is 11.2. The van der Waals surface area contributed by atoms with Crippen molar-refractivity contribution >= 4 is 29.2 Å². The number of carbonyl (C=O) groups excluding carboxylic acids is 1. The van der Waals surface area contributed by atoms with Crippen molar-refractivity contribution in [2.45, 2.75) is 26.9 Å². The molecule has 0 amide bonds. The van der Waals surface area contributed by atoms with Crippen LogP contribution in [0.1, 0.15) is 19.4 Å². The first-order valence-corrected chi connectivity index (χ1v) is 10.1. The zero-order valence-corrected chi connectivity index (χ0v) is 18.6. The van der Waals surface area contributed by atoms with E-state index in [0.717, 1.165) is 10.1 Å². The van der Waals surface area contributed by atoms with Crippen molar-refractivity contribution in [2.24, 2.45) is 5.41 Å². The highest BCUT2D eigenvalue weighted by molar-refractivity contribution is 6.30. The fourth-order valence-corrected chi connectivity index (χ4v) is 3.21. The molecule has 0 aliphatic heterocycles. The highest BCUT2D eigenvalue weighted by Crippen LogP contribution is 2.20. The molecule has 168 valence electrons. The smallest absolute Gasteiger partial charge is 0.354 e. The van der Waals surface area contributed by atoms with Gasteiger partial charge in [-0.1, -0.05) is 23.7 Å². The molecule has 3 aromatic rings. The molecule has 10 heteroatoms. The van der Waals surface area contributed by atoms with E-state index in [1.165, 1.54) is 23.8 Å². The summed E-state index contributed by atoms with van der Waals surface area (Å²) in [6, 6.07) is 13.0. The summed E-state index contributed by atoms with van der Waals surface area (Å²) in [5, 5.41) is 13.0. The minimum absolute atomic E-state index is 0.0211. The van der Waals surface area contributed by atoms with Crippen LogP contribution in [0.3, 0.4) is 0 Å². The first-order chi connectivity index (χ1) is 15.1. The van der Waals surface area contributed by atoms with Crippen molar-refractivity contribution < 1.29 is 14.6 Å². The molecule has 0 fully saturated rings. The van der Waals surface area contributed by atoms with Gasteiger partial charge in [0.15, 0.2) is 0 Å². The van der Waals surface area contributed by atoms with E-state index in [1.807, 2.05) is 0 Å². The molecule has 32 heavy (non-hydrogen) atoms. The third kappa shape index (κ3) is 5.17. The Balaban J connectivity index is 2.10. The third-order valence-electron chi connectivity index (χ3n) is 4.82. The van der Waals surface area contributed by atoms with Crippen molar-refractivity contribution in [1.82, 2.24) is 14.1 Å². The number of nitrogens with one attached hydrogen (secondary N) is 1. The number of nitrogens with zero attached hydrogens (tertiary/aromatic N) is 3. The van der Waals surface area contributed by atoms with Gasteiger partial charge in [0.25, 0.3) is 0 Å². The highest BCUT2D eigenvalue weighted by atomic mass is 35.5. The second-order valence-corrected chi connectivity index (χ2v) is 8.28. The number of ether oxygens (including phenoxy) is 1. The van der Waals surface area contributed by atoms with Gasteiger partial charge in [0.1, 0.15) is 5.75 Å². The zero-order valence-electron chi connectivity index (χ0n) is 17.8. The minimum Gasteiger partial charge on any atom is -0.508 e. The van der Waals surface area contributed by atoms with Crippen LogP contribution in [0.15, 0.2) is 58.1 Å². The van der Waals surface area contributed by atoms with Crippen LogP contribution >= 0.6 is 11.6 Å². The summed E-state index contributed by atoms with van der Waals surface area (Å²) in [6.45, 7) is 3.06. The molecule has 1 aromatic heterocycles. The van der Waals surface area contributed by atoms with Gasteiger partial charge in [-0.05, 0) is 55.8 Å². The average Bonchev–Trinajstić information content (AvgIpc) is 2.76. The molecule has 0 aliphatic carbocycles. The Labute approximate surface area is 188 Å². The molecule has 2 N–H and O–H groups in total. The van der Waals surface area contributed by atoms with Crippen LogP contribution < -0.4 is 16.7 Å². The number of methoxy groups -OCH3 is 1. The maximum atomic E-state index is 13.3. The Hall–Kier alpha value is -3.59. The maximum Gasteiger partial charge on any atom is 0.354 e. The predicted octanol–water partition coefficient (Wildman–Crippen LogP) is 2.76. The van der Waals surface area contributed by atoms with E-state index in [0.29, 0.717) is 10.7 Å². The summed E-state index contributed by atoms with van der Waals surface area (Å²) in [7, 11) is 1.24. The van der Waals surface area contributed by atoms with E-state index < -0.39 is 22.8 Å². The Morgan fingerprint density at radius 1 is 1.09 bits per heavy atom. The van der Waals surface area contributed by atoms with Gasteiger partial charge in [-0.15, -0.1) is 0 Å². The number of esters is 1. The van der Waals surface area contributed by atoms with E-state index in [9.17, 15) is 19.5 Å². The van der Waals surface area contributed by atoms with Crippen LogP contribution in [0, 0.1) is 5.41 Å². The molecule has 0 spiro atoms. The second-order valence-electron chi connectivity index (χ2n) is 7.85. The summed E-state index contributed by atoms with van der Waals surface area (Å²) in [5.41, 5.74) is -1.29. The predicted molar refractivity (Wildman–Crippen MR) is 120 cm³/mol. The Morgan fingerprint density at radius 3 is 2.31 bits per heavy atom. The standard InChI is InChI=1S/C22H23ClN4O5/c1-22(2,18(29)32-3)13-27-20(30)25-19(24-16-8-10-17(28)11-9-16)26(21(27)31)12-14-4-6-15(23)7-5-14/h4-11,28H,12-13H2,1-3H3,(H,24,25,30). The van der Waals surface area contributed by atoms with Gasteiger partial charge in [0.05, 0.1) is 19.1 Å². The molecule has 9 nitrogen and oxygen atoms in total. The van der Waals surface area contributed by atoms with Crippen LogP contribution in [0.5, 0.6) is 5.75 Å². The molecule has 0 unspecified atom stereocenters. The minimum atomic E-state index is -1.12. The number of anilines is 2. The van der Waals surface area contributed by atoms with E-state index >= 15 is 0 Å². The molecule has 0 radical (unpaired) electrons. The van der Waals surface area contributed by atoms with Gasteiger partial charge in [0, 0.05) is 17.3 Å². The fraction of sp³-hybridized carbons (Fsp3) is 0.273. The molecular weight excluding hydrogens is 436 g/mol. The number of carbonyl (C=O) groups is 1. The molecule has 3 rings (SSSR count). The summed E-state index contributed by atoms with van der Waals surface area (Å²) < 4.78 is 7.00. The molecule has 1 heterocycles. The zero-order chi connectivity index (χ0) is 23.5. The number of aromatic hydroxyl groups is 1. The molecule has 0 saturated heterocycles. The largest absolute Gasteiger partial charge is 0.508 e. The maximum absolute atomic E-state index is 13.3. The van der Waals surface area contributed by atoms with Crippen molar-refractivity contribution in [2.75, 3.05) is 12.4 Å². The molecule has 0 saturated carbocycles. The monoisotopic (exact) mass is 458 g/mol. The first kappa shape index (κ1) is 23.1. The lowest BCUT2D eigenvalue weighted by molar-refractivity contribution is -0.151. The van der Waals surface area contributed by atoms with E-state index in [4.69, 9.17) is 16.3 Å². The lowest BCUT2D eigenvalue weighted by Crippen LogP contribution is -2.46. The Bertz CT molecular complexity index is 1230. The van der Waals surface area contributed by atoms with Crippen molar-refractivity contribution in [3.05, 3.63) is 80.1 Å². The summed E-state index contributed by atoms with van der Waals surface area (Å²) in [5.74, 6) is -0.463. The fourth-order valence-electron chi connectivity index (χ4n) is 3.09. The number of phenols is 1. The molecule has 0 bridgehead atoms. The van der Waals surface area contributed by atoms with Gasteiger partial charge >= 0.3 is 17.3 Å². The van der Waals surface area contributed by atoms with Crippen LogP contribution in [0.4, 0.5) is 11.6 Å². The van der Waals surface area contributed by atoms with Crippen molar-refractivity contribution in [3.8, 4) is 5.75 Å². The van der Waals surface area contributed by atoms with Crippen molar-refractivity contribution in [1.29, 1.82) is 0 Å². The number of halogens is 1. The second kappa shape index (κ2) is 9.27. The highest BCUT2D eigenvalue weighted by Gasteiger charge is 2.31. The van der Waals surface area contributed by atoms with Crippen LogP contribution in [-0.4, -0.2) is 32.3 Å². The van der Waals surface area contributed by atoms with Crippen LogP contribution in [0.2, 0.25) is 5.02 Å². The Morgan fingerprint density at radius 2 is 1.72 bits per heavy atom. The van der Waals surface area contributed by atoms with Crippen molar-refractivity contribution in [3.63, 3.8) is 0 Å². The molecular formula is C22H23ClN4O5. The van der Waals surface area contributed by atoms with Gasteiger partial charge < -0.3 is 15.2 Å². The van der Waals surface area contributed by atoms with E-state index in [1.54, 1.807) is 50.2 Å². The van der Waals surface area contributed by atoms with Crippen LogP contribution in [0.25, 0.3) is 0 Å². The topological polar surface area (TPSA) is 115 Å². The number of hydrogen-bond donors (Lipinski definition) is 2. The number of hydrogen-bond acceptors (Lipinski definition) is 7. The molecule has 0 aliphatic rings. The lowest BCUT2D eigenvalue weighted by atomic mass is 9.94. The quantitative estimate of drug-likeness (QED) is 0.413. The van der Waals surface area contributed by atoms with Gasteiger partial charge in [-0.25, -0.2) is 14.2 Å². The number of phenolic OH excluding ortho intramolecular Hbond substituents is 1. The van der Waals surface area contributed by atoms with Crippen LogP contribution in [-0.2, 0) is 22.6 Å². The number of aromatic nitrogens is 3. The van der Waals surface area contributed by atoms with Gasteiger partial charge in [-0.2, -0.15) is 4.98 Å². The summed E-state index contributed by atoms with van der Waals surface area (Å²) in [6.07, 6.45) is 0. The van der Waals surface area contributed by atoms with Gasteiger partial charge in [0.2, 0.25) is 5.95 Å². The summed E-state index contributed by atoms with van der Waals surface area (Å²) >= 11 is 5.96.